The van der Waals surface area contributed by atoms with E-state index >= 15 is 0 Å². The van der Waals surface area contributed by atoms with Gasteiger partial charge in [-0.1, -0.05) is 29.8 Å². The number of phenols is 1. The summed E-state index contributed by atoms with van der Waals surface area (Å²) in [6.45, 7) is 3.92. The summed E-state index contributed by atoms with van der Waals surface area (Å²) in [4.78, 5) is 10.2. The van der Waals surface area contributed by atoms with Crippen molar-refractivity contribution in [3.63, 3.8) is 0 Å². The van der Waals surface area contributed by atoms with E-state index in [0.29, 0.717) is 0 Å². The average molecular weight is 243 g/mol. The SMILES string of the molecule is Cc1ccc(C)c(-c2ccc(O)c([N+](=O)[O-])c2)c1. The molecule has 0 fully saturated rings. The van der Waals surface area contributed by atoms with Gasteiger partial charge in [0.1, 0.15) is 0 Å². The standard InChI is InChI=1S/C14H13NO3/c1-9-3-4-10(2)12(7-9)11-5-6-14(16)13(8-11)15(17)18/h3-8,16H,1-2H3. The Morgan fingerprint density at radius 2 is 1.83 bits per heavy atom. The second kappa shape index (κ2) is 4.49. The highest BCUT2D eigenvalue weighted by Gasteiger charge is 2.15. The van der Waals surface area contributed by atoms with Gasteiger partial charge in [0.15, 0.2) is 5.75 Å². The highest BCUT2D eigenvalue weighted by atomic mass is 16.6. The molecular weight excluding hydrogens is 230 g/mol. The van der Waals surface area contributed by atoms with E-state index in [4.69, 9.17) is 0 Å². The monoisotopic (exact) mass is 243 g/mol. The zero-order valence-electron chi connectivity index (χ0n) is 10.2. The fraction of sp³-hybridized carbons (Fsp3) is 0.143. The number of benzene rings is 2. The summed E-state index contributed by atoms with van der Waals surface area (Å²) in [5, 5.41) is 20.2. The minimum absolute atomic E-state index is 0.270. The summed E-state index contributed by atoms with van der Waals surface area (Å²) in [5.41, 5.74) is 3.54. The first-order valence-electron chi connectivity index (χ1n) is 5.54. The molecule has 4 nitrogen and oxygen atoms in total. The van der Waals surface area contributed by atoms with Crippen LogP contribution in [0.4, 0.5) is 5.69 Å². The maximum absolute atomic E-state index is 10.8. The lowest BCUT2D eigenvalue weighted by molar-refractivity contribution is -0.385. The van der Waals surface area contributed by atoms with Crippen LogP contribution < -0.4 is 0 Å². The number of aryl methyl sites for hydroxylation is 2. The average Bonchev–Trinajstić information content (AvgIpc) is 2.33. The lowest BCUT2D eigenvalue weighted by Gasteiger charge is -2.07. The molecule has 0 aliphatic heterocycles. The van der Waals surface area contributed by atoms with Crippen LogP contribution in [0.1, 0.15) is 11.1 Å². The lowest BCUT2D eigenvalue weighted by atomic mass is 9.98. The van der Waals surface area contributed by atoms with Gasteiger partial charge in [-0.2, -0.15) is 0 Å². The van der Waals surface area contributed by atoms with Gasteiger partial charge < -0.3 is 5.11 Å². The Labute approximate surface area is 105 Å². The van der Waals surface area contributed by atoms with Crippen molar-refractivity contribution >= 4 is 5.69 Å². The Bertz CT molecular complexity index is 620. The highest BCUT2D eigenvalue weighted by Crippen LogP contribution is 2.32. The Morgan fingerprint density at radius 1 is 1.11 bits per heavy atom. The van der Waals surface area contributed by atoms with E-state index in [0.717, 1.165) is 22.3 Å². The summed E-state index contributed by atoms with van der Waals surface area (Å²) in [6, 6.07) is 10.4. The van der Waals surface area contributed by atoms with Crippen LogP contribution in [0.25, 0.3) is 11.1 Å². The summed E-state index contributed by atoms with van der Waals surface area (Å²) in [7, 11) is 0. The number of phenolic OH excluding ortho intramolecular Hbond substituents is 1. The summed E-state index contributed by atoms with van der Waals surface area (Å²) in [6.07, 6.45) is 0. The molecule has 2 aromatic carbocycles. The van der Waals surface area contributed by atoms with Crippen LogP contribution in [0, 0.1) is 24.0 Å². The number of nitro groups is 1. The van der Waals surface area contributed by atoms with Crippen molar-refractivity contribution in [2.75, 3.05) is 0 Å². The quantitative estimate of drug-likeness (QED) is 0.647. The predicted molar refractivity (Wildman–Crippen MR) is 69.7 cm³/mol. The second-order valence-electron chi connectivity index (χ2n) is 4.28. The number of nitrogens with zero attached hydrogens (tertiary/aromatic N) is 1. The summed E-state index contributed by atoms with van der Waals surface area (Å²) < 4.78 is 0. The van der Waals surface area contributed by atoms with E-state index in [-0.39, 0.29) is 11.4 Å². The molecule has 0 aliphatic carbocycles. The van der Waals surface area contributed by atoms with Crippen molar-refractivity contribution in [1.82, 2.24) is 0 Å². The molecule has 0 atom stereocenters. The maximum atomic E-state index is 10.8. The topological polar surface area (TPSA) is 63.4 Å². The molecule has 2 aromatic rings. The first-order valence-corrected chi connectivity index (χ1v) is 5.54. The summed E-state index contributed by atoms with van der Waals surface area (Å²) in [5.74, 6) is -0.311. The van der Waals surface area contributed by atoms with E-state index in [1.807, 2.05) is 32.0 Å². The number of rotatable bonds is 2. The van der Waals surface area contributed by atoms with Crippen LogP contribution in [-0.2, 0) is 0 Å². The van der Waals surface area contributed by atoms with Gasteiger partial charge in [-0.05, 0) is 36.6 Å². The van der Waals surface area contributed by atoms with Gasteiger partial charge in [0, 0.05) is 6.07 Å². The molecule has 0 spiro atoms. The molecule has 0 aliphatic rings. The fourth-order valence-corrected chi connectivity index (χ4v) is 1.88. The van der Waals surface area contributed by atoms with Crippen molar-refractivity contribution < 1.29 is 10.0 Å². The van der Waals surface area contributed by atoms with Crippen LogP contribution in [-0.4, -0.2) is 10.0 Å². The molecule has 0 saturated heterocycles. The minimum atomic E-state index is -0.579. The molecule has 0 radical (unpaired) electrons. The first kappa shape index (κ1) is 12.1. The molecule has 0 unspecified atom stereocenters. The van der Waals surface area contributed by atoms with Crippen molar-refractivity contribution in [3.05, 3.63) is 57.6 Å². The van der Waals surface area contributed by atoms with Gasteiger partial charge >= 0.3 is 5.69 Å². The highest BCUT2D eigenvalue weighted by molar-refractivity contribution is 5.71. The largest absolute Gasteiger partial charge is 0.502 e. The van der Waals surface area contributed by atoms with E-state index in [2.05, 4.69) is 0 Å². The molecule has 0 amide bonds. The molecule has 0 heterocycles. The normalized spacial score (nSPS) is 10.3. The Morgan fingerprint density at radius 3 is 2.50 bits per heavy atom. The first-order chi connectivity index (χ1) is 8.49. The minimum Gasteiger partial charge on any atom is -0.502 e. The molecule has 0 bridgehead atoms. The van der Waals surface area contributed by atoms with Crippen LogP contribution in [0.3, 0.4) is 0 Å². The number of hydrogen-bond donors (Lipinski definition) is 1. The van der Waals surface area contributed by atoms with E-state index in [9.17, 15) is 15.2 Å². The van der Waals surface area contributed by atoms with Gasteiger partial charge in [-0.3, -0.25) is 10.1 Å². The molecule has 0 saturated carbocycles. The molecule has 92 valence electrons. The van der Waals surface area contributed by atoms with Gasteiger partial charge in [-0.25, -0.2) is 0 Å². The number of nitro benzene ring substituents is 1. The Hall–Kier alpha value is -2.36. The molecule has 1 N–H and O–H groups in total. The van der Waals surface area contributed by atoms with Crippen LogP contribution in [0.15, 0.2) is 36.4 Å². The smallest absolute Gasteiger partial charge is 0.311 e. The van der Waals surface area contributed by atoms with Gasteiger partial charge in [-0.15, -0.1) is 0 Å². The van der Waals surface area contributed by atoms with Crippen LogP contribution >= 0.6 is 0 Å². The van der Waals surface area contributed by atoms with Crippen LogP contribution in [0.2, 0.25) is 0 Å². The third-order valence-electron chi connectivity index (χ3n) is 2.88. The van der Waals surface area contributed by atoms with Crippen molar-refractivity contribution in [2.24, 2.45) is 0 Å². The summed E-state index contributed by atoms with van der Waals surface area (Å²) >= 11 is 0. The number of aromatic hydroxyl groups is 1. The van der Waals surface area contributed by atoms with Crippen molar-refractivity contribution in [1.29, 1.82) is 0 Å². The Kier molecular flexibility index (Phi) is 3.02. The second-order valence-corrected chi connectivity index (χ2v) is 4.28. The third-order valence-corrected chi connectivity index (χ3v) is 2.88. The molecule has 0 aromatic heterocycles. The third kappa shape index (κ3) is 2.18. The number of hydrogen-bond acceptors (Lipinski definition) is 3. The Balaban J connectivity index is 2.61. The van der Waals surface area contributed by atoms with Gasteiger partial charge in [0.25, 0.3) is 0 Å². The van der Waals surface area contributed by atoms with Crippen molar-refractivity contribution in [2.45, 2.75) is 13.8 Å². The van der Waals surface area contributed by atoms with E-state index in [1.54, 1.807) is 6.07 Å². The maximum Gasteiger partial charge on any atom is 0.311 e. The zero-order valence-corrected chi connectivity index (χ0v) is 10.2. The molecule has 4 heteroatoms. The van der Waals surface area contributed by atoms with Crippen LogP contribution in [0.5, 0.6) is 5.75 Å². The van der Waals surface area contributed by atoms with Crippen molar-refractivity contribution in [3.8, 4) is 16.9 Å². The van der Waals surface area contributed by atoms with Gasteiger partial charge in [0.2, 0.25) is 0 Å². The zero-order chi connectivity index (χ0) is 13.3. The van der Waals surface area contributed by atoms with Gasteiger partial charge in [0.05, 0.1) is 4.92 Å². The molecular formula is C14H13NO3. The fourth-order valence-electron chi connectivity index (χ4n) is 1.88. The van der Waals surface area contributed by atoms with E-state index in [1.165, 1.54) is 12.1 Å². The molecule has 2 rings (SSSR count). The van der Waals surface area contributed by atoms with E-state index < -0.39 is 4.92 Å². The molecule has 18 heavy (non-hydrogen) atoms. The lowest BCUT2D eigenvalue weighted by Crippen LogP contribution is -1.91. The predicted octanol–water partition coefficient (Wildman–Crippen LogP) is 3.58.